The van der Waals surface area contributed by atoms with Gasteiger partial charge < -0.3 is 15.2 Å². The molecular weight excluding hydrogens is 343 g/mol. The van der Waals surface area contributed by atoms with Crippen LogP contribution >= 0.6 is 11.6 Å². The Balaban J connectivity index is 1.99. The van der Waals surface area contributed by atoms with Gasteiger partial charge >= 0.3 is 6.18 Å². The van der Waals surface area contributed by atoms with Gasteiger partial charge in [-0.15, -0.1) is 0 Å². The molecule has 0 fully saturated rings. The van der Waals surface area contributed by atoms with Crippen LogP contribution in [0.5, 0.6) is 0 Å². The Morgan fingerprint density at radius 2 is 2.00 bits per heavy atom. The predicted octanol–water partition coefficient (Wildman–Crippen LogP) is 4.43. The lowest BCUT2D eigenvalue weighted by Gasteiger charge is -2.13. The zero-order chi connectivity index (χ0) is 17.5. The minimum Gasteiger partial charge on any atom is -0.372 e. The van der Waals surface area contributed by atoms with Crippen LogP contribution in [0.3, 0.4) is 0 Å². The van der Waals surface area contributed by atoms with Crippen molar-refractivity contribution in [1.29, 1.82) is 0 Å². The molecule has 0 saturated carbocycles. The van der Waals surface area contributed by atoms with Crippen molar-refractivity contribution in [1.82, 2.24) is 14.5 Å². The molecule has 1 aromatic carbocycles. The molecule has 0 amide bonds. The Kier molecular flexibility index (Phi) is 4.00. The maximum Gasteiger partial charge on any atom is 0.421 e. The van der Waals surface area contributed by atoms with E-state index >= 15 is 0 Å². The van der Waals surface area contributed by atoms with Crippen LogP contribution in [0.2, 0.25) is 5.02 Å². The first kappa shape index (κ1) is 16.4. The molecule has 0 spiro atoms. The first-order valence-corrected chi connectivity index (χ1v) is 7.31. The molecular formula is C15H13ClF3N5. The van der Waals surface area contributed by atoms with Crippen LogP contribution in [0.25, 0.3) is 10.9 Å². The van der Waals surface area contributed by atoms with Gasteiger partial charge in [-0.25, -0.2) is 4.98 Å². The van der Waals surface area contributed by atoms with Crippen LogP contribution in [0.1, 0.15) is 5.56 Å². The highest BCUT2D eigenvalue weighted by Gasteiger charge is 2.35. The van der Waals surface area contributed by atoms with E-state index in [-0.39, 0.29) is 11.8 Å². The third-order valence-electron chi connectivity index (χ3n) is 3.55. The van der Waals surface area contributed by atoms with Crippen LogP contribution in [0.4, 0.5) is 30.6 Å². The number of aromatic nitrogens is 3. The molecule has 0 atom stereocenters. The lowest BCUT2D eigenvalue weighted by Crippen LogP contribution is -2.12. The summed E-state index contributed by atoms with van der Waals surface area (Å²) in [7, 11) is 3.25. The molecule has 0 bridgehead atoms. The molecule has 0 aliphatic rings. The minimum atomic E-state index is -4.53. The number of halogens is 4. The molecule has 3 rings (SSSR count). The number of nitrogens with zero attached hydrogens (tertiary/aromatic N) is 3. The van der Waals surface area contributed by atoms with Crippen LogP contribution in [-0.4, -0.2) is 21.6 Å². The molecule has 0 aliphatic heterocycles. The van der Waals surface area contributed by atoms with Gasteiger partial charge in [0.1, 0.15) is 11.4 Å². The lowest BCUT2D eigenvalue weighted by atomic mass is 10.2. The van der Waals surface area contributed by atoms with Gasteiger partial charge in [0.15, 0.2) is 0 Å². The van der Waals surface area contributed by atoms with Crippen LogP contribution in [0.15, 0.2) is 30.6 Å². The second-order valence-electron chi connectivity index (χ2n) is 5.15. The van der Waals surface area contributed by atoms with E-state index in [2.05, 4.69) is 20.6 Å². The summed E-state index contributed by atoms with van der Waals surface area (Å²) in [6, 6.07) is 5.47. The van der Waals surface area contributed by atoms with Gasteiger partial charge in [0.05, 0.1) is 10.7 Å². The molecule has 0 saturated heterocycles. The van der Waals surface area contributed by atoms with E-state index in [0.29, 0.717) is 10.7 Å². The third-order valence-corrected chi connectivity index (χ3v) is 3.86. The standard InChI is InChI=1S/C15H13ClF3N5/c1-20-13-9(15(17,18)19)7-21-14(23-13)22-11-6-12-8(5-10(11)16)3-4-24(12)2/h3-7H,1-2H3,(H2,20,21,22,23). The molecule has 2 aromatic heterocycles. The molecule has 126 valence electrons. The number of benzene rings is 1. The van der Waals surface area contributed by atoms with E-state index < -0.39 is 11.7 Å². The molecule has 3 aromatic rings. The Hall–Kier alpha value is -2.48. The van der Waals surface area contributed by atoms with E-state index in [0.717, 1.165) is 17.1 Å². The normalized spacial score (nSPS) is 11.8. The number of hydrogen-bond acceptors (Lipinski definition) is 4. The van der Waals surface area contributed by atoms with E-state index in [4.69, 9.17) is 11.6 Å². The highest BCUT2D eigenvalue weighted by molar-refractivity contribution is 6.34. The number of anilines is 3. The van der Waals surface area contributed by atoms with E-state index in [1.807, 2.05) is 23.9 Å². The topological polar surface area (TPSA) is 54.8 Å². The van der Waals surface area contributed by atoms with Crippen LogP contribution in [0, 0.1) is 0 Å². The molecule has 5 nitrogen and oxygen atoms in total. The van der Waals surface area contributed by atoms with Crippen molar-refractivity contribution in [2.45, 2.75) is 6.18 Å². The fourth-order valence-corrected chi connectivity index (χ4v) is 2.56. The average molecular weight is 356 g/mol. The number of hydrogen-bond donors (Lipinski definition) is 2. The molecule has 24 heavy (non-hydrogen) atoms. The van der Waals surface area contributed by atoms with E-state index in [9.17, 15) is 13.2 Å². The summed E-state index contributed by atoms with van der Waals surface area (Å²) < 4.78 is 40.5. The van der Waals surface area contributed by atoms with Crippen molar-refractivity contribution < 1.29 is 13.2 Å². The van der Waals surface area contributed by atoms with Gasteiger partial charge in [0, 0.05) is 37.4 Å². The quantitative estimate of drug-likeness (QED) is 0.730. The zero-order valence-electron chi connectivity index (χ0n) is 12.7. The first-order valence-electron chi connectivity index (χ1n) is 6.93. The number of aryl methyl sites for hydroxylation is 1. The maximum atomic E-state index is 12.9. The summed E-state index contributed by atoms with van der Waals surface area (Å²) in [4.78, 5) is 7.60. The minimum absolute atomic E-state index is 0.0165. The van der Waals surface area contributed by atoms with Gasteiger partial charge in [-0.3, -0.25) is 0 Å². The van der Waals surface area contributed by atoms with Gasteiger partial charge in [-0.2, -0.15) is 18.2 Å². The first-order chi connectivity index (χ1) is 11.3. The van der Waals surface area contributed by atoms with Crippen molar-refractivity contribution in [3.8, 4) is 0 Å². The Bertz CT molecular complexity index is 904. The van der Waals surface area contributed by atoms with Crippen molar-refractivity contribution in [2.24, 2.45) is 7.05 Å². The summed E-state index contributed by atoms with van der Waals surface area (Å²) in [6.45, 7) is 0. The Labute approximate surface area is 140 Å². The second kappa shape index (κ2) is 5.86. The highest BCUT2D eigenvalue weighted by atomic mass is 35.5. The number of fused-ring (bicyclic) bond motifs is 1. The summed E-state index contributed by atoms with van der Waals surface area (Å²) >= 11 is 6.22. The summed E-state index contributed by atoms with van der Waals surface area (Å²) in [5, 5.41) is 6.66. The molecule has 0 radical (unpaired) electrons. The number of rotatable bonds is 3. The van der Waals surface area contributed by atoms with Gasteiger partial charge in [-0.05, 0) is 18.2 Å². The monoisotopic (exact) mass is 355 g/mol. The Morgan fingerprint density at radius 3 is 2.67 bits per heavy atom. The fraction of sp³-hybridized carbons (Fsp3) is 0.200. The summed E-state index contributed by atoms with van der Waals surface area (Å²) in [6.07, 6.45) is -1.91. The van der Waals surface area contributed by atoms with Crippen LogP contribution < -0.4 is 10.6 Å². The third kappa shape index (κ3) is 2.96. The van der Waals surface area contributed by atoms with E-state index in [1.165, 1.54) is 7.05 Å². The Morgan fingerprint density at radius 1 is 1.25 bits per heavy atom. The summed E-state index contributed by atoms with van der Waals surface area (Å²) in [5.74, 6) is -0.293. The van der Waals surface area contributed by atoms with Gasteiger partial charge in [-0.1, -0.05) is 11.6 Å². The second-order valence-corrected chi connectivity index (χ2v) is 5.55. The van der Waals surface area contributed by atoms with E-state index in [1.54, 1.807) is 12.1 Å². The summed E-state index contributed by atoms with van der Waals surface area (Å²) in [5.41, 5.74) is 0.495. The maximum absolute atomic E-state index is 12.9. The molecule has 2 N–H and O–H groups in total. The van der Waals surface area contributed by atoms with Gasteiger partial charge in [0.2, 0.25) is 5.95 Å². The average Bonchev–Trinajstić information content (AvgIpc) is 2.87. The SMILES string of the molecule is CNc1nc(Nc2cc3c(ccn3C)cc2Cl)ncc1C(F)(F)F. The van der Waals surface area contributed by atoms with Gasteiger partial charge in [0.25, 0.3) is 0 Å². The smallest absolute Gasteiger partial charge is 0.372 e. The van der Waals surface area contributed by atoms with Crippen molar-refractivity contribution in [3.63, 3.8) is 0 Å². The zero-order valence-corrected chi connectivity index (χ0v) is 13.5. The molecule has 9 heteroatoms. The fourth-order valence-electron chi connectivity index (χ4n) is 2.34. The molecule has 0 unspecified atom stereocenters. The highest BCUT2D eigenvalue weighted by Crippen LogP contribution is 2.35. The predicted molar refractivity (Wildman–Crippen MR) is 87.8 cm³/mol. The van der Waals surface area contributed by atoms with Crippen molar-refractivity contribution in [2.75, 3.05) is 17.7 Å². The molecule has 2 heterocycles. The van der Waals surface area contributed by atoms with Crippen molar-refractivity contribution in [3.05, 3.63) is 41.2 Å². The van der Waals surface area contributed by atoms with Crippen molar-refractivity contribution >= 4 is 40.0 Å². The largest absolute Gasteiger partial charge is 0.421 e. The molecule has 0 aliphatic carbocycles. The number of alkyl halides is 3. The number of nitrogens with one attached hydrogen (secondary N) is 2. The van der Waals surface area contributed by atoms with Crippen LogP contribution in [-0.2, 0) is 13.2 Å². The lowest BCUT2D eigenvalue weighted by molar-refractivity contribution is -0.137.